The molecule has 0 unspecified atom stereocenters. The number of rotatable bonds is 3. The third-order valence-electron chi connectivity index (χ3n) is 3.19. The van der Waals surface area contributed by atoms with Gasteiger partial charge in [0, 0.05) is 29.7 Å². The molecule has 0 spiro atoms. The summed E-state index contributed by atoms with van der Waals surface area (Å²) in [7, 11) is 2.14. The van der Waals surface area contributed by atoms with E-state index in [4.69, 9.17) is 23.2 Å². The molecule has 0 heterocycles. The number of halogens is 2. The molecule has 82 valence electrons. The molecule has 2 rings (SSSR count). The van der Waals surface area contributed by atoms with E-state index in [1.807, 2.05) is 12.1 Å². The molecule has 0 bridgehead atoms. The highest BCUT2D eigenvalue weighted by Crippen LogP contribution is 2.32. The quantitative estimate of drug-likeness (QED) is 0.724. The Hall–Kier alpha value is -0.400. The van der Waals surface area contributed by atoms with E-state index in [0.717, 1.165) is 10.6 Å². The van der Waals surface area contributed by atoms with Crippen molar-refractivity contribution in [3.8, 4) is 0 Å². The second-order valence-electron chi connectivity index (χ2n) is 4.10. The maximum absolute atomic E-state index is 5.95. The van der Waals surface area contributed by atoms with E-state index in [2.05, 4.69) is 18.0 Å². The Kier molecular flexibility index (Phi) is 3.42. The van der Waals surface area contributed by atoms with E-state index in [-0.39, 0.29) is 0 Å². The molecule has 0 aliphatic heterocycles. The van der Waals surface area contributed by atoms with Crippen molar-refractivity contribution in [1.82, 2.24) is 0 Å². The van der Waals surface area contributed by atoms with Crippen LogP contribution in [0.4, 0.5) is 5.69 Å². The summed E-state index contributed by atoms with van der Waals surface area (Å²) in [5.74, 6) is 0.521. The minimum Gasteiger partial charge on any atom is -0.371 e. The molecule has 0 N–H and O–H groups in total. The predicted octanol–water partition coefficient (Wildman–Crippen LogP) is 4.07. The summed E-state index contributed by atoms with van der Waals surface area (Å²) >= 11 is 11.9. The van der Waals surface area contributed by atoms with Gasteiger partial charge in [0.25, 0.3) is 0 Å². The van der Waals surface area contributed by atoms with E-state index in [1.54, 1.807) is 0 Å². The lowest BCUT2D eigenvalue weighted by Gasteiger charge is -2.37. The minimum atomic E-state index is 0.521. The maximum atomic E-state index is 5.95. The maximum Gasteiger partial charge on any atom is 0.0495 e. The van der Waals surface area contributed by atoms with E-state index < -0.39 is 0 Å². The topological polar surface area (TPSA) is 3.24 Å². The van der Waals surface area contributed by atoms with Crippen LogP contribution in [-0.2, 0) is 5.88 Å². The standard InChI is InChI=1S/C12H15Cl2N/c1-15(11-3-2-4-11)12-6-5-10(14)7-9(12)8-13/h5-7,11H,2-4,8H2,1H3. The van der Waals surface area contributed by atoms with Gasteiger partial charge in [-0.15, -0.1) is 11.6 Å². The van der Waals surface area contributed by atoms with Crippen molar-refractivity contribution in [3.05, 3.63) is 28.8 Å². The van der Waals surface area contributed by atoms with Gasteiger partial charge in [-0.1, -0.05) is 11.6 Å². The second kappa shape index (κ2) is 4.63. The number of hydrogen-bond donors (Lipinski definition) is 0. The van der Waals surface area contributed by atoms with Gasteiger partial charge in [-0.25, -0.2) is 0 Å². The SMILES string of the molecule is CN(c1ccc(Cl)cc1CCl)C1CCC1. The number of alkyl halides is 1. The summed E-state index contributed by atoms with van der Waals surface area (Å²) < 4.78 is 0. The molecule has 3 heteroatoms. The van der Waals surface area contributed by atoms with E-state index >= 15 is 0 Å². The van der Waals surface area contributed by atoms with Crippen LogP contribution in [0.3, 0.4) is 0 Å². The molecule has 1 fully saturated rings. The van der Waals surface area contributed by atoms with Gasteiger partial charge < -0.3 is 4.90 Å². The molecule has 0 atom stereocenters. The third kappa shape index (κ3) is 2.24. The smallest absolute Gasteiger partial charge is 0.0495 e. The van der Waals surface area contributed by atoms with Gasteiger partial charge in [0.05, 0.1) is 0 Å². The summed E-state index contributed by atoms with van der Waals surface area (Å²) in [6.45, 7) is 0. The fourth-order valence-corrected chi connectivity index (χ4v) is 2.38. The monoisotopic (exact) mass is 243 g/mol. The Morgan fingerprint density at radius 1 is 1.40 bits per heavy atom. The summed E-state index contributed by atoms with van der Waals surface area (Å²) in [4.78, 5) is 2.33. The van der Waals surface area contributed by atoms with Crippen molar-refractivity contribution in [2.75, 3.05) is 11.9 Å². The summed E-state index contributed by atoms with van der Waals surface area (Å²) in [6.07, 6.45) is 3.93. The van der Waals surface area contributed by atoms with Crippen LogP contribution in [0.1, 0.15) is 24.8 Å². The molecule has 0 amide bonds. The Labute approximate surface area is 101 Å². The van der Waals surface area contributed by atoms with Gasteiger partial charge in [-0.05, 0) is 43.0 Å². The zero-order chi connectivity index (χ0) is 10.8. The molecule has 0 aromatic heterocycles. The fourth-order valence-electron chi connectivity index (χ4n) is 1.98. The summed E-state index contributed by atoms with van der Waals surface area (Å²) in [5, 5.41) is 0.761. The Morgan fingerprint density at radius 3 is 2.67 bits per heavy atom. The van der Waals surface area contributed by atoms with E-state index in [9.17, 15) is 0 Å². The van der Waals surface area contributed by atoms with Crippen molar-refractivity contribution in [1.29, 1.82) is 0 Å². The molecule has 1 nitrogen and oxygen atoms in total. The van der Waals surface area contributed by atoms with Crippen LogP contribution in [0.5, 0.6) is 0 Å². The summed E-state index contributed by atoms with van der Waals surface area (Å²) in [6, 6.07) is 6.65. The van der Waals surface area contributed by atoms with Gasteiger partial charge in [0.15, 0.2) is 0 Å². The molecule has 15 heavy (non-hydrogen) atoms. The second-order valence-corrected chi connectivity index (χ2v) is 4.81. The molecule has 0 radical (unpaired) electrons. The van der Waals surface area contributed by atoms with Crippen molar-refractivity contribution in [2.45, 2.75) is 31.2 Å². The average Bonchev–Trinajstić information content (AvgIpc) is 2.14. The van der Waals surface area contributed by atoms with Crippen LogP contribution in [0.25, 0.3) is 0 Å². The van der Waals surface area contributed by atoms with E-state index in [0.29, 0.717) is 11.9 Å². The average molecular weight is 244 g/mol. The zero-order valence-electron chi connectivity index (χ0n) is 8.84. The number of hydrogen-bond acceptors (Lipinski definition) is 1. The van der Waals surface area contributed by atoms with Crippen molar-refractivity contribution < 1.29 is 0 Å². The molecular formula is C12H15Cl2N. The first-order valence-electron chi connectivity index (χ1n) is 5.29. The molecular weight excluding hydrogens is 229 g/mol. The lowest BCUT2D eigenvalue weighted by molar-refractivity contribution is 0.401. The van der Waals surface area contributed by atoms with Crippen LogP contribution >= 0.6 is 23.2 Å². The third-order valence-corrected chi connectivity index (χ3v) is 3.71. The number of benzene rings is 1. The van der Waals surface area contributed by atoms with E-state index in [1.165, 1.54) is 24.9 Å². The van der Waals surface area contributed by atoms with Gasteiger partial charge in [0.2, 0.25) is 0 Å². The first-order valence-corrected chi connectivity index (χ1v) is 6.21. The van der Waals surface area contributed by atoms with Crippen LogP contribution in [0, 0.1) is 0 Å². The first kappa shape index (κ1) is 11.1. The highest BCUT2D eigenvalue weighted by atomic mass is 35.5. The van der Waals surface area contributed by atoms with Gasteiger partial charge >= 0.3 is 0 Å². The zero-order valence-corrected chi connectivity index (χ0v) is 10.4. The molecule has 1 aliphatic rings. The Balaban J connectivity index is 2.25. The Morgan fingerprint density at radius 2 is 2.13 bits per heavy atom. The molecule has 1 aromatic rings. The highest BCUT2D eigenvalue weighted by Gasteiger charge is 2.23. The molecule has 0 saturated heterocycles. The van der Waals surface area contributed by atoms with Gasteiger partial charge in [-0.2, -0.15) is 0 Å². The van der Waals surface area contributed by atoms with Crippen LogP contribution in [0.15, 0.2) is 18.2 Å². The van der Waals surface area contributed by atoms with Crippen LogP contribution in [0.2, 0.25) is 5.02 Å². The van der Waals surface area contributed by atoms with Crippen molar-refractivity contribution in [3.63, 3.8) is 0 Å². The first-order chi connectivity index (χ1) is 7.22. The minimum absolute atomic E-state index is 0.521. The molecule has 1 saturated carbocycles. The van der Waals surface area contributed by atoms with Crippen LogP contribution < -0.4 is 4.90 Å². The van der Waals surface area contributed by atoms with Crippen LogP contribution in [-0.4, -0.2) is 13.1 Å². The normalized spacial score (nSPS) is 16.2. The highest BCUT2D eigenvalue weighted by molar-refractivity contribution is 6.30. The predicted molar refractivity (Wildman–Crippen MR) is 67.1 cm³/mol. The summed E-state index contributed by atoms with van der Waals surface area (Å²) in [5.41, 5.74) is 2.35. The number of nitrogens with zero attached hydrogens (tertiary/aromatic N) is 1. The lowest BCUT2D eigenvalue weighted by atomic mass is 9.91. The largest absolute Gasteiger partial charge is 0.371 e. The Bertz CT molecular complexity index is 347. The van der Waals surface area contributed by atoms with Gasteiger partial charge in [0.1, 0.15) is 0 Å². The van der Waals surface area contributed by atoms with Crippen molar-refractivity contribution in [2.24, 2.45) is 0 Å². The fraction of sp³-hybridized carbons (Fsp3) is 0.500. The molecule has 1 aliphatic carbocycles. The molecule has 1 aromatic carbocycles. The number of anilines is 1. The van der Waals surface area contributed by atoms with Crippen molar-refractivity contribution >= 4 is 28.9 Å². The lowest BCUT2D eigenvalue weighted by Crippen LogP contribution is -2.37. The van der Waals surface area contributed by atoms with Gasteiger partial charge in [-0.3, -0.25) is 0 Å².